The van der Waals surface area contributed by atoms with Gasteiger partial charge in [0.1, 0.15) is 18.0 Å². The number of nitrogens with two attached hydrogens (primary N) is 1. The van der Waals surface area contributed by atoms with E-state index >= 15 is 0 Å². The topological polar surface area (TPSA) is 130 Å². The number of ether oxygens (including phenoxy) is 2. The number of amides is 1. The van der Waals surface area contributed by atoms with E-state index in [4.69, 9.17) is 15.2 Å². The van der Waals surface area contributed by atoms with Gasteiger partial charge in [0.15, 0.2) is 0 Å². The fourth-order valence-electron chi connectivity index (χ4n) is 1.80. The third-order valence-corrected chi connectivity index (χ3v) is 3.00. The van der Waals surface area contributed by atoms with Gasteiger partial charge in [0, 0.05) is 11.6 Å². The largest absolute Gasteiger partial charge is 0.497 e. The molecular formula is C13H17N7O3. The molecule has 1 aromatic carbocycles. The van der Waals surface area contributed by atoms with Crippen LogP contribution < -0.4 is 20.6 Å². The molecule has 3 N–H and O–H groups in total. The molecule has 2 rings (SSSR count). The maximum Gasteiger partial charge on any atom is 0.262 e. The van der Waals surface area contributed by atoms with Gasteiger partial charge < -0.3 is 15.2 Å². The molecular weight excluding hydrogens is 302 g/mol. The minimum atomic E-state index is -0.407. The average molecular weight is 319 g/mol. The van der Waals surface area contributed by atoms with Gasteiger partial charge in [-0.25, -0.2) is 10.1 Å². The van der Waals surface area contributed by atoms with Crippen molar-refractivity contribution in [3.05, 3.63) is 23.8 Å². The van der Waals surface area contributed by atoms with E-state index in [1.54, 1.807) is 39.3 Å². The molecule has 0 atom stereocenters. The number of tetrazole rings is 1. The van der Waals surface area contributed by atoms with Crippen molar-refractivity contribution in [2.45, 2.75) is 13.5 Å². The van der Waals surface area contributed by atoms with Crippen LogP contribution in [0, 0.1) is 0 Å². The van der Waals surface area contributed by atoms with Crippen LogP contribution in [0.3, 0.4) is 0 Å². The molecule has 23 heavy (non-hydrogen) atoms. The van der Waals surface area contributed by atoms with Crippen molar-refractivity contribution in [3.8, 4) is 11.5 Å². The van der Waals surface area contributed by atoms with Crippen molar-refractivity contribution in [3.63, 3.8) is 0 Å². The second-order valence-corrected chi connectivity index (χ2v) is 4.49. The van der Waals surface area contributed by atoms with Crippen molar-refractivity contribution >= 4 is 17.6 Å². The molecule has 0 radical (unpaired) electrons. The monoisotopic (exact) mass is 319 g/mol. The minimum Gasteiger partial charge on any atom is -0.497 e. The van der Waals surface area contributed by atoms with E-state index in [9.17, 15) is 4.79 Å². The highest BCUT2D eigenvalue weighted by Gasteiger charge is 2.10. The van der Waals surface area contributed by atoms with Crippen LogP contribution in [0.5, 0.6) is 11.5 Å². The Labute approximate surface area is 132 Å². The van der Waals surface area contributed by atoms with E-state index in [0.717, 1.165) is 10.2 Å². The second-order valence-electron chi connectivity index (χ2n) is 4.49. The number of hydrogen-bond donors (Lipinski definition) is 2. The van der Waals surface area contributed by atoms with Crippen LogP contribution in [0.15, 0.2) is 23.3 Å². The fraction of sp³-hybridized carbons (Fsp3) is 0.308. The maximum atomic E-state index is 11.8. The lowest BCUT2D eigenvalue weighted by Crippen LogP contribution is -2.25. The molecule has 0 aliphatic rings. The first-order valence-corrected chi connectivity index (χ1v) is 6.62. The number of hydrazone groups is 1. The van der Waals surface area contributed by atoms with Crippen molar-refractivity contribution in [1.29, 1.82) is 0 Å². The summed E-state index contributed by atoms with van der Waals surface area (Å²) in [7, 11) is 3.12. The van der Waals surface area contributed by atoms with Gasteiger partial charge in [0.2, 0.25) is 5.95 Å². The van der Waals surface area contributed by atoms with Crippen LogP contribution in [0.1, 0.15) is 12.5 Å². The van der Waals surface area contributed by atoms with Crippen LogP contribution in [-0.2, 0) is 11.3 Å². The predicted octanol–water partition coefficient (Wildman–Crippen LogP) is -0.187. The van der Waals surface area contributed by atoms with Crippen LogP contribution >= 0.6 is 0 Å². The Morgan fingerprint density at radius 3 is 2.78 bits per heavy atom. The summed E-state index contributed by atoms with van der Waals surface area (Å²) in [5, 5.41) is 14.5. The SMILES string of the molecule is COc1ccc(/C(C)=N/NC(=O)Cn2nnnc2N)c(OC)c1. The molecule has 0 bridgehead atoms. The fourth-order valence-corrected chi connectivity index (χ4v) is 1.80. The van der Waals surface area contributed by atoms with Gasteiger partial charge in [-0.3, -0.25) is 4.79 Å². The van der Waals surface area contributed by atoms with E-state index in [0.29, 0.717) is 17.2 Å². The number of hydrogen-bond acceptors (Lipinski definition) is 8. The summed E-state index contributed by atoms with van der Waals surface area (Å²) < 4.78 is 11.6. The summed E-state index contributed by atoms with van der Waals surface area (Å²) in [4.78, 5) is 11.8. The highest BCUT2D eigenvalue weighted by atomic mass is 16.5. The van der Waals surface area contributed by atoms with E-state index in [1.165, 1.54) is 0 Å². The second kappa shape index (κ2) is 7.20. The Balaban J connectivity index is 2.07. The molecule has 1 heterocycles. The number of nitrogen functional groups attached to an aromatic ring is 1. The Morgan fingerprint density at radius 1 is 1.39 bits per heavy atom. The highest BCUT2D eigenvalue weighted by Crippen LogP contribution is 2.24. The zero-order valence-corrected chi connectivity index (χ0v) is 13.0. The number of nitrogens with zero attached hydrogens (tertiary/aromatic N) is 5. The molecule has 0 saturated heterocycles. The van der Waals surface area contributed by atoms with Crippen LogP contribution in [0.25, 0.3) is 0 Å². The van der Waals surface area contributed by atoms with Crippen molar-refractivity contribution in [2.75, 3.05) is 20.0 Å². The highest BCUT2D eigenvalue weighted by molar-refractivity contribution is 6.01. The van der Waals surface area contributed by atoms with Crippen molar-refractivity contribution in [1.82, 2.24) is 25.6 Å². The molecule has 2 aromatic rings. The van der Waals surface area contributed by atoms with Gasteiger partial charge in [-0.1, -0.05) is 5.10 Å². The Bertz CT molecular complexity index is 726. The van der Waals surface area contributed by atoms with E-state index in [2.05, 4.69) is 26.1 Å². The van der Waals surface area contributed by atoms with E-state index in [-0.39, 0.29) is 12.5 Å². The Hall–Kier alpha value is -3.17. The predicted molar refractivity (Wildman–Crippen MR) is 82.1 cm³/mol. The van der Waals surface area contributed by atoms with Crippen LogP contribution in [0.4, 0.5) is 5.95 Å². The number of aromatic nitrogens is 4. The summed E-state index contributed by atoms with van der Waals surface area (Å²) in [5.74, 6) is 0.898. The third kappa shape index (κ3) is 3.93. The van der Waals surface area contributed by atoms with Gasteiger partial charge in [-0.15, -0.1) is 0 Å². The van der Waals surface area contributed by atoms with E-state index in [1.807, 2.05) is 0 Å². The molecule has 0 fully saturated rings. The standard InChI is InChI=1S/C13H17N7O3/c1-8(10-5-4-9(22-2)6-11(10)23-3)15-16-12(21)7-20-13(14)17-18-19-20/h4-6H,7H2,1-3H3,(H,16,21)(H2,14,17,19)/b15-8+. The Kier molecular flexibility index (Phi) is 5.07. The normalized spacial score (nSPS) is 11.2. The molecule has 0 saturated carbocycles. The number of nitrogens with one attached hydrogen (secondary N) is 1. The molecule has 10 heteroatoms. The van der Waals surface area contributed by atoms with E-state index < -0.39 is 5.91 Å². The lowest BCUT2D eigenvalue weighted by Gasteiger charge is -2.10. The molecule has 1 amide bonds. The molecule has 1 aromatic heterocycles. The number of carbonyl (C=O) groups excluding carboxylic acids is 1. The number of rotatable bonds is 6. The quantitative estimate of drug-likeness (QED) is 0.557. The summed E-state index contributed by atoms with van der Waals surface area (Å²) >= 11 is 0. The first-order chi connectivity index (χ1) is 11.0. The molecule has 122 valence electrons. The number of benzene rings is 1. The van der Waals surface area contributed by atoms with Gasteiger partial charge in [-0.2, -0.15) is 5.10 Å². The summed E-state index contributed by atoms with van der Waals surface area (Å²) in [6, 6.07) is 5.31. The maximum absolute atomic E-state index is 11.8. The Morgan fingerprint density at radius 2 is 2.17 bits per heavy atom. The van der Waals surface area contributed by atoms with Crippen LogP contribution in [-0.4, -0.2) is 46.0 Å². The zero-order chi connectivity index (χ0) is 16.8. The zero-order valence-electron chi connectivity index (χ0n) is 13.0. The molecule has 0 aliphatic carbocycles. The molecule has 0 spiro atoms. The molecule has 0 unspecified atom stereocenters. The minimum absolute atomic E-state index is 0.0534. The number of carbonyl (C=O) groups is 1. The summed E-state index contributed by atoms with van der Waals surface area (Å²) in [6.45, 7) is 1.62. The summed E-state index contributed by atoms with van der Waals surface area (Å²) in [6.07, 6.45) is 0. The lowest BCUT2D eigenvalue weighted by atomic mass is 10.1. The first-order valence-electron chi connectivity index (χ1n) is 6.62. The molecule has 0 aliphatic heterocycles. The lowest BCUT2D eigenvalue weighted by molar-refractivity contribution is -0.121. The number of methoxy groups -OCH3 is 2. The van der Waals surface area contributed by atoms with Gasteiger partial charge in [-0.05, 0) is 29.5 Å². The third-order valence-electron chi connectivity index (χ3n) is 3.00. The number of anilines is 1. The molecule has 10 nitrogen and oxygen atoms in total. The van der Waals surface area contributed by atoms with Gasteiger partial charge >= 0.3 is 0 Å². The average Bonchev–Trinajstić information content (AvgIpc) is 2.96. The first kappa shape index (κ1) is 16.2. The van der Waals surface area contributed by atoms with Gasteiger partial charge in [0.05, 0.1) is 19.9 Å². The van der Waals surface area contributed by atoms with Crippen molar-refractivity contribution < 1.29 is 14.3 Å². The summed E-state index contributed by atoms with van der Waals surface area (Å²) in [5.41, 5.74) is 9.20. The van der Waals surface area contributed by atoms with Gasteiger partial charge in [0.25, 0.3) is 5.91 Å². The van der Waals surface area contributed by atoms with Crippen molar-refractivity contribution in [2.24, 2.45) is 5.10 Å². The van der Waals surface area contributed by atoms with Crippen LogP contribution in [0.2, 0.25) is 0 Å². The smallest absolute Gasteiger partial charge is 0.262 e.